The van der Waals surface area contributed by atoms with Crippen LogP contribution in [0.15, 0.2) is 47.4 Å². The van der Waals surface area contributed by atoms with Gasteiger partial charge in [-0.25, -0.2) is 17.6 Å². The number of morpholine rings is 1. The lowest BCUT2D eigenvalue weighted by molar-refractivity contribution is 0.0474. The zero-order valence-electron chi connectivity index (χ0n) is 15.1. The van der Waals surface area contributed by atoms with Crippen LogP contribution in [0.2, 0.25) is 5.02 Å². The molecule has 0 saturated carbocycles. The summed E-state index contributed by atoms with van der Waals surface area (Å²) in [6, 6.07) is 8.48. The molecule has 7 nitrogen and oxygen atoms in total. The SMILES string of the molecule is O=C(COC(=O)c1cc(S(=O)(=O)N2CCOCC2)ccc1Cl)c1ccc(F)cc1. The highest BCUT2D eigenvalue weighted by molar-refractivity contribution is 7.89. The number of halogens is 2. The largest absolute Gasteiger partial charge is 0.454 e. The third kappa shape index (κ3) is 4.99. The summed E-state index contributed by atoms with van der Waals surface area (Å²) in [5, 5.41) is -0.00911. The molecule has 1 aliphatic heterocycles. The summed E-state index contributed by atoms with van der Waals surface area (Å²) in [5.41, 5.74) is 0.00171. The van der Waals surface area contributed by atoms with Gasteiger partial charge in [0.1, 0.15) is 5.82 Å². The Morgan fingerprint density at radius 3 is 2.41 bits per heavy atom. The zero-order valence-corrected chi connectivity index (χ0v) is 16.7. The standard InChI is InChI=1S/C19H17ClFNO6S/c20-17-6-5-15(29(25,26)22-7-9-27-10-8-22)11-16(17)19(24)28-12-18(23)13-1-3-14(21)4-2-13/h1-6,11H,7-10,12H2. The minimum absolute atomic E-state index is 0.00911. The van der Waals surface area contributed by atoms with E-state index in [4.69, 9.17) is 21.1 Å². The van der Waals surface area contributed by atoms with Crippen LogP contribution in [0.25, 0.3) is 0 Å². The highest BCUT2D eigenvalue weighted by Crippen LogP contribution is 2.24. The third-order valence-electron chi connectivity index (χ3n) is 4.27. The summed E-state index contributed by atoms with van der Waals surface area (Å²) >= 11 is 6.02. The van der Waals surface area contributed by atoms with Crippen molar-refractivity contribution in [1.29, 1.82) is 0 Å². The van der Waals surface area contributed by atoms with Gasteiger partial charge in [0.05, 0.1) is 28.7 Å². The van der Waals surface area contributed by atoms with Gasteiger partial charge in [-0.2, -0.15) is 4.31 Å². The molecule has 1 heterocycles. The van der Waals surface area contributed by atoms with Crippen LogP contribution in [0.3, 0.4) is 0 Å². The second-order valence-corrected chi connectivity index (χ2v) is 8.51. The molecule has 0 N–H and O–H groups in total. The van der Waals surface area contributed by atoms with Gasteiger partial charge >= 0.3 is 5.97 Å². The van der Waals surface area contributed by atoms with Gasteiger partial charge in [0.2, 0.25) is 10.0 Å². The molecule has 0 atom stereocenters. The van der Waals surface area contributed by atoms with Gasteiger partial charge in [0.25, 0.3) is 0 Å². The number of rotatable bonds is 6. The van der Waals surface area contributed by atoms with Crippen molar-refractivity contribution < 1.29 is 31.9 Å². The lowest BCUT2D eigenvalue weighted by Crippen LogP contribution is -2.40. The van der Waals surface area contributed by atoms with Crippen molar-refractivity contribution in [2.24, 2.45) is 0 Å². The van der Waals surface area contributed by atoms with Crippen LogP contribution in [-0.2, 0) is 19.5 Å². The number of nitrogens with zero attached hydrogens (tertiary/aromatic N) is 1. The first-order valence-electron chi connectivity index (χ1n) is 8.62. The number of carbonyl (C=O) groups is 2. The first-order valence-corrected chi connectivity index (χ1v) is 10.4. The Kier molecular flexibility index (Phi) is 6.63. The van der Waals surface area contributed by atoms with E-state index in [0.717, 1.165) is 18.2 Å². The Morgan fingerprint density at radius 2 is 1.76 bits per heavy atom. The molecule has 1 aliphatic rings. The third-order valence-corrected chi connectivity index (χ3v) is 6.49. The van der Waals surface area contributed by atoms with E-state index in [1.807, 2.05) is 0 Å². The van der Waals surface area contributed by atoms with Crippen molar-refractivity contribution in [1.82, 2.24) is 4.31 Å². The monoisotopic (exact) mass is 441 g/mol. The molecule has 2 aromatic carbocycles. The lowest BCUT2D eigenvalue weighted by atomic mass is 10.1. The number of benzene rings is 2. The molecule has 10 heteroatoms. The minimum atomic E-state index is -3.83. The first-order chi connectivity index (χ1) is 13.8. The van der Waals surface area contributed by atoms with Crippen molar-refractivity contribution >= 4 is 33.4 Å². The van der Waals surface area contributed by atoms with E-state index >= 15 is 0 Å². The molecule has 0 aliphatic carbocycles. The summed E-state index contributed by atoms with van der Waals surface area (Å²) in [6.45, 7) is 0.384. The van der Waals surface area contributed by atoms with Crippen LogP contribution in [0.1, 0.15) is 20.7 Å². The van der Waals surface area contributed by atoms with Crippen molar-refractivity contribution in [3.63, 3.8) is 0 Å². The van der Waals surface area contributed by atoms with Gasteiger partial charge in [-0.3, -0.25) is 4.79 Å². The van der Waals surface area contributed by atoms with Crippen molar-refractivity contribution in [3.8, 4) is 0 Å². The van der Waals surface area contributed by atoms with Gasteiger partial charge in [0.15, 0.2) is 12.4 Å². The van der Waals surface area contributed by atoms with Crippen LogP contribution >= 0.6 is 11.6 Å². The average molecular weight is 442 g/mol. The van der Waals surface area contributed by atoms with E-state index in [1.165, 1.54) is 28.6 Å². The molecule has 0 amide bonds. The number of ether oxygens (including phenoxy) is 2. The Hall–Kier alpha value is -2.33. The maximum atomic E-state index is 12.9. The maximum absolute atomic E-state index is 12.9. The summed E-state index contributed by atoms with van der Waals surface area (Å²) in [4.78, 5) is 24.3. The fourth-order valence-electron chi connectivity index (χ4n) is 2.69. The average Bonchev–Trinajstić information content (AvgIpc) is 2.73. The number of hydrogen-bond acceptors (Lipinski definition) is 6. The smallest absolute Gasteiger partial charge is 0.340 e. The molecule has 0 unspecified atom stereocenters. The molecular formula is C19H17ClFNO6S. The fourth-order valence-corrected chi connectivity index (χ4v) is 4.31. The molecule has 1 saturated heterocycles. The number of esters is 1. The fraction of sp³-hybridized carbons (Fsp3) is 0.263. The van der Waals surface area contributed by atoms with Crippen molar-refractivity contribution in [2.45, 2.75) is 4.90 Å². The van der Waals surface area contributed by atoms with E-state index < -0.39 is 34.2 Å². The Morgan fingerprint density at radius 1 is 1.10 bits per heavy atom. The number of Topliss-reactive ketones (excluding diaryl/α,β-unsaturated/α-hetero) is 1. The van der Waals surface area contributed by atoms with Crippen LogP contribution in [0.5, 0.6) is 0 Å². The molecule has 0 bridgehead atoms. The quantitative estimate of drug-likeness (QED) is 0.505. The summed E-state index contributed by atoms with van der Waals surface area (Å²) in [5.74, 6) is -1.97. The van der Waals surface area contributed by atoms with Crippen molar-refractivity contribution in [2.75, 3.05) is 32.9 Å². The topological polar surface area (TPSA) is 90.0 Å². The van der Waals surface area contributed by atoms with Gasteiger partial charge in [0, 0.05) is 18.7 Å². The highest BCUT2D eigenvalue weighted by atomic mass is 35.5. The van der Waals surface area contributed by atoms with Gasteiger partial charge in [-0.1, -0.05) is 11.6 Å². The van der Waals surface area contributed by atoms with E-state index in [1.54, 1.807) is 0 Å². The predicted octanol–water partition coefficient (Wildman–Crippen LogP) is 2.54. The first kappa shape index (κ1) is 21.4. The van der Waals surface area contributed by atoms with E-state index in [0.29, 0.717) is 0 Å². The lowest BCUT2D eigenvalue weighted by Gasteiger charge is -2.26. The molecule has 154 valence electrons. The predicted molar refractivity (Wildman–Crippen MR) is 102 cm³/mol. The number of sulfonamides is 1. The number of ketones is 1. The Labute approximate surface area is 172 Å². The second kappa shape index (κ2) is 9.00. The van der Waals surface area contributed by atoms with Crippen LogP contribution < -0.4 is 0 Å². The molecule has 1 fully saturated rings. The summed E-state index contributed by atoms with van der Waals surface area (Å²) in [6.07, 6.45) is 0. The normalized spacial score (nSPS) is 15.1. The molecule has 0 aromatic heterocycles. The van der Waals surface area contributed by atoms with Gasteiger partial charge in [-0.15, -0.1) is 0 Å². The van der Waals surface area contributed by atoms with E-state index in [-0.39, 0.29) is 47.3 Å². The van der Waals surface area contributed by atoms with Crippen LogP contribution in [-0.4, -0.2) is 57.4 Å². The highest BCUT2D eigenvalue weighted by Gasteiger charge is 2.28. The van der Waals surface area contributed by atoms with Crippen molar-refractivity contribution in [3.05, 3.63) is 64.4 Å². The molecule has 0 radical (unpaired) electrons. The van der Waals surface area contributed by atoms with Gasteiger partial charge in [-0.05, 0) is 42.5 Å². The summed E-state index contributed by atoms with van der Waals surface area (Å²) in [7, 11) is -3.83. The number of carbonyl (C=O) groups excluding carboxylic acids is 2. The van der Waals surface area contributed by atoms with Crippen LogP contribution in [0, 0.1) is 5.82 Å². The Bertz CT molecular complexity index is 1020. The number of hydrogen-bond donors (Lipinski definition) is 0. The molecule has 3 rings (SSSR count). The van der Waals surface area contributed by atoms with E-state index in [9.17, 15) is 22.4 Å². The molecule has 0 spiro atoms. The van der Waals surface area contributed by atoms with Crippen LogP contribution in [0.4, 0.5) is 4.39 Å². The maximum Gasteiger partial charge on any atom is 0.340 e. The van der Waals surface area contributed by atoms with E-state index in [2.05, 4.69) is 0 Å². The Balaban J connectivity index is 1.74. The minimum Gasteiger partial charge on any atom is -0.454 e. The molecular weight excluding hydrogens is 425 g/mol. The molecule has 2 aromatic rings. The summed E-state index contributed by atoms with van der Waals surface area (Å²) < 4.78 is 49.8. The van der Waals surface area contributed by atoms with Gasteiger partial charge < -0.3 is 9.47 Å². The zero-order chi connectivity index (χ0) is 21.0. The molecule has 29 heavy (non-hydrogen) atoms. The second-order valence-electron chi connectivity index (χ2n) is 6.16.